The summed E-state index contributed by atoms with van der Waals surface area (Å²) < 4.78 is 5.78. The second kappa shape index (κ2) is 8.48. The molecule has 0 amide bonds. The minimum absolute atomic E-state index is 0.179. The van der Waals surface area contributed by atoms with E-state index in [9.17, 15) is 4.79 Å². The number of carboxylic acid groups (broad SMARTS) is 1. The summed E-state index contributed by atoms with van der Waals surface area (Å²) in [4.78, 5) is 16.4. The van der Waals surface area contributed by atoms with Crippen LogP contribution < -0.4 is 4.74 Å². The highest BCUT2D eigenvalue weighted by Crippen LogP contribution is 2.22. The van der Waals surface area contributed by atoms with Gasteiger partial charge in [-0.05, 0) is 35.9 Å². The summed E-state index contributed by atoms with van der Waals surface area (Å²) in [6.07, 6.45) is 1.40. The molecule has 5 heteroatoms. The fourth-order valence-electron chi connectivity index (χ4n) is 2.33. The molecule has 130 valence electrons. The van der Waals surface area contributed by atoms with Crippen LogP contribution in [0.2, 0.25) is 0 Å². The summed E-state index contributed by atoms with van der Waals surface area (Å²) in [5.41, 5.74) is 1.56. The van der Waals surface area contributed by atoms with E-state index in [0.717, 1.165) is 11.3 Å². The van der Waals surface area contributed by atoms with E-state index in [1.54, 1.807) is 18.2 Å². The first kappa shape index (κ1) is 17.2. The van der Waals surface area contributed by atoms with Crippen molar-refractivity contribution in [1.82, 2.24) is 0 Å². The number of aromatic carboxylic acids is 1. The fourth-order valence-corrected chi connectivity index (χ4v) is 2.33. The van der Waals surface area contributed by atoms with Crippen LogP contribution in [0.3, 0.4) is 0 Å². The SMILES string of the molecule is O=C(O)c1ccccc1/C=N/OCc1cccc(Oc2ccccc2)c1. The number of benzene rings is 3. The number of ether oxygens (including phenoxy) is 1. The number of nitrogens with zero attached hydrogens (tertiary/aromatic N) is 1. The highest BCUT2D eigenvalue weighted by Gasteiger charge is 2.06. The van der Waals surface area contributed by atoms with Gasteiger partial charge in [0.15, 0.2) is 0 Å². The van der Waals surface area contributed by atoms with Crippen molar-refractivity contribution in [3.05, 3.63) is 95.6 Å². The second-order valence-corrected chi connectivity index (χ2v) is 5.46. The van der Waals surface area contributed by atoms with Gasteiger partial charge in [-0.3, -0.25) is 0 Å². The van der Waals surface area contributed by atoms with Crippen molar-refractivity contribution in [3.8, 4) is 11.5 Å². The largest absolute Gasteiger partial charge is 0.478 e. The fraction of sp³-hybridized carbons (Fsp3) is 0.0476. The Morgan fingerprint density at radius 3 is 2.46 bits per heavy atom. The van der Waals surface area contributed by atoms with E-state index in [2.05, 4.69) is 5.16 Å². The molecule has 0 aromatic heterocycles. The van der Waals surface area contributed by atoms with Gasteiger partial charge in [0.05, 0.1) is 11.8 Å². The lowest BCUT2D eigenvalue weighted by Crippen LogP contribution is -2.01. The lowest BCUT2D eigenvalue weighted by Gasteiger charge is -2.07. The van der Waals surface area contributed by atoms with E-state index in [1.807, 2.05) is 54.6 Å². The smallest absolute Gasteiger partial charge is 0.336 e. The van der Waals surface area contributed by atoms with Crippen LogP contribution in [0.1, 0.15) is 21.5 Å². The Hall–Kier alpha value is -3.60. The van der Waals surface area contributed by atoms with Gasteiger partial charge >= 0.3 is 5.97 Å². The van der Waals surface area contributed by atoms with Gasteiger partial charge in [-0.2, -0.15) is 0 Å². The molecular weight excluding hydrogens is 330 g/mol. The molecule has 0 unspecified atom stereocenters. The van der Waals surface area contributed by atoms with Crippen molar-refractivity contribution in [2.75, 3.05) is 0 Å². The minimum atomic E-state index is -1.00. The second-order valence-electron chi connectivity index (χ2n) is 5.46. The zero-order valence-corrected chi connectivity index (χ0v) is 13.9. The number of oxime groups is 1. The van der Waals surface area contributed by atoms with Crippen molar-refractivity contribution >= 4 is 12.2 Å². The summed E-state index contributed by atoms with van der Waals surface area (Å²) in [7, 11) is 0. The zero-order valence-electron chi connectivity index (χ0n) is 13.9. The molecule has 5 nitrogen and oxygen atoms in total. The predicted molar refractivity (Wildman–Crippen MR) is 98.7 cm³/mol. The molecular formula is C21H17NO4. The van der Waals surface area contributed by atoms with E-state index in [4.69, 9.17) is 14.7 Å². The van der Waals surface area contributed by atoms with Gasteiger partial charge in [-0.25, -0.2) is 4.79 Å². The van der Waals surface area contributed by atoms with Gasteiger partial charge in [-0.1, -0.05) is 53.7 Å². The van der Waals surface area contributed by atoms with Crippen LogP contribution in [0.25, 0.3) is 0 Å². The Morgan fingerprint density at radius 1 is 0.923 bits per heavy atom. The first-order valence-electron chi connectivity index (χ1n) is 8.02. The average molecular weight is 347 g/mol. The van der Waals surface area contributed by atoms with Gasteiger partial charge < -0.3 is 14.7 Å². The predicted octanol–water partition coefficient (Wildman–Crippen LogP) is 4.73. The third-order valence-corrected chi connectivity index (χ3v) is 3.57. The van der Waals surface area contributed by atoms with Crippen LogP contribution in [0.4, 0.5) is 0 Å². The van der Waals surface area contributed by atoms with Gasteiger partial charge in [-0.15, -0.1) is 0 Å². The summed E-state index contributed by atoms with van der Waals surface area (Å²) in [5, 5.41) is 13.0. The van der Waals surface area contributed by atoms with E-state index in [-0.39, 0.29) is 12.2 Å². The Morgan fingerprint density at radius 2 is 1.65 bits per heavy atom. The zero-order chi connectivity index (χ0) is 18.2. The van der Waals surface area contributed by atoms with Crippen LogP contribution in [-0.2, 0) is 11.4 Å². The molecule has 0 fully saturated rings. The molecule has 0 spiro atoms. The van der Waals surface area contributed by atoms with Crippen molar-refractivity contribution in [2.24, 2.45) is 5.16 Å². The summed E-state index contributed by atoms with van der Waals surface area (Å²) >= 11 is 0. The van der Waals surface area contributed by atoms with Gasteiger partial charge in [0.2, 0.25) is 0 Å². The molecule has 0 radical (unpaired) electrons. The minimum Gasteiger partial charge on any atom is -0.478 e. The Balaban J connectivity index is 1.60. The van der Waals surface area contributed by atoms with Gasteiger partial charge in [0.25, 0.3) is 0 Å². The molecule has 0 atom stereocenters. The first-order chi connectivity index (χ1) is 12.7. The number of para-hydroxylation sites is 1. The lowest BCUT2D eigenvalue weighted by molar-refractivity contribution is 0.0696. The molecule has 3 aromatic rings. The molecule has 0 aliphatic rings. The molecule has 0 saturated heterocycles. The molecule has 1 N–H and O–H groups in total. The number of carbonyl (C=O) groups is 1. The molecule has 0 heterocycles. The van der Waals surface area contributed by atoms with Crippen LogP contribution in [0.5, 0.6) is 11.5 Å². The Labute approximate surface area is 151 Å². The number of carboxylic acids is 1. The maximum Gasteiger partial charge on any atom is 0.336 e. The topological polar surface area (TPSA) is 68.1 Å². The number of rotatable bonds is 7. The van der Waals surface area contributed by atoms with Crippen LogP contribution in [0, 0.1) is 0 Å². The van der Waals surface area contributed by atoms with E-state index in [1.165, 1.54) is 12.3 Å². The maximum absolute atomic E-state index is 11.1. The van der Waals surface area contributed by atoms with Crippen molar-refractivity contribution < 1.29 is 19.5 Å². The summed E-state index contributed by atoms with van der Waals surface area (Å²) in [6, 6.07) is 23.6. The number of hydrogen-bond acceptors (Lipinski definition) is 4. The third-order valence-electron chi connectivity index (χ3n) is 3.57. The monoisotopic (exact) mass is 347 g/mol. The molecule has 0 saturated carbocycles. The summed E-state index contributed by atoms with van der Waals surface area (Å²) in [6.45, 7) is 0.248. The Kier molecular flexibility index (Phi) is 5.62. The first-order valence-corrected chi connectivity index (χ1v) is 8.02. The molecule has 0 bridgehead atoms. The molecule has 26 heavy (non-hydrogen) atoms. The van der Waals surface area contributed by atoms with Gasteiger partial charge in [0, 0.05) is 5.56 Å². The average Bonchev–Trinajstić information content (AvgIpc) is 2.66. The normalized spacial score (nSPS) is 10.6. The van der Waals surface area contributed by atoms with Crippen LogP contribution in [-0.4, -0.2) is 17.3 Å². The standard InChI is InChI=1S/C21H17NO4/c23-21(24)20-12-5-4-8-17(20)14-22-25-15-16-7-6-11-19(13-16)26-18-9-2-1-3-10-18/h1-14H,15H2,(H,23,24)/b22-14+. The van der Waals surface area contributed by atoms with Gasteiger partial charge in [0.1, 0.15) is 18.1 Å². The van der Waals surface area contributed by atoms with Crippen molar-refractivity contribution in [1.29, 1.82) is 0 Å². The van der Waals surface area contributed by atoms with Crippen LogP contribution >= 0.6 is 0 Å². The lowest BCUT2D eigenvalue weighted by atomic mass is 10.1. The maximum atomic E-state index is 11.1. The number of hydrogen-bond donors (Lipinski definition) is 1. The third kappa shape index (κ3) is 4.70. The highest BCUT2D eigenvalue weighted by atomic mass is 16.6. The Bertz CT molecular complexity index is 907. The molecule has 0 aliphatic carbocycles. The quantitative estimate of drug-likeness (QED) is 0.496. The summed E-state index contributed by atoms with van der Waals surface area (Å²) in [5.74, 6) is 0.462. The molecule has 3 rings (SSSR count). The van der Waals surface area contributed by atoms with E-state index in [0.29, 0.717) is 11.3 Å². The van der Waals surface area contributed by atoms with E-state index >= 15 is 0 Å². The van der Waals surface area contributed by atoms with E-state index < -0.39 is 5.97 Å². The van der Waals surface area contributed by atoms with Crippen molar-refractivity contribution in [3.63, 3.8) is 0 Å². The highest BCUT2D eigenvalue weighted by molar-refractivity contribution is 5.98. The van der Waals surface area contributed by atoms with Crippen LogP contribution in [0.15, 0.2) is 84.0 Å². The molecule has 3 aromatic carbocycles. The van der Waals surface area contributed by atoms with Crippen molar-refractivity contribution in [2.45, 2.75) is 6.61 Å². The molecule has 0 aliphatic heterocycles.